The standard InChI is InChI=1S/C15H24N2O3S/c1-16(2)21(18,19)13-5-12-20-15-8-6-14(7-9-15)17-10-3-4-11-17/h6-9H,3-5,10-13H2,1-2H3. The number of nitrogens with zero attached hydrogens (tertiary/aromatic N) is 2. The highest BCUT2D eigenvalue weighted by atomic mass is 32.2. The van der Waals surface area contributed by atoms with Crippen LogP contribution in [0.4, 0.5) is 5.69 Å². The molecule has 6 heteroatoms. The Balaban J connectivity index is 1.76. The van der Waals surface area contributed by atoms with E-state index in [2.05, 4.69) is 17.0 Å². The quantitative estimate of drug-likeness (QED) is 0.722. The molecule has 1 aromatic rings. The van der Waals surface area contributed by atoms with Crippen LogP contribution in [-0.4, -0.2) is 52.3 Å². The molecule has 0 N–H and O–H groups in total. The average molecular weight is 312 g/mol. The maximum atomic E-state index is 11.6. The molecule has 0 unspecified atom stereocenters. The van der Waals surface area contributed by atoms with Crippen molar-refractivity contribution in [1.29, 1.82) is 0 Å². The van der Waals surface area contributed by atoms with E-state index < -0.39 is 10.0 Å². The predicted octanol–water partition coefficient (Wildman–Crippen LogP) is 1.95. The molecule has 5 nitrogen and oxygen atoms in total. The van der Waals surface area contributed by atoms with Crippen LogP contribution in [0.15, 0.2) is 24.3 Å². The van der Waals surface area contributed by atoms with Gasteiger partial charge in [-0.15, -0.1) is 0 Å². The largest absolute Gasteiger partial charge is 0.494 e. The third-order valence-corrected chi connectivity index (χ3v) is 5.60. The molecule has 0 amide bonds. The minimum Gasteiger partial charge on any atom is -0.494 e. The Bertz CT molecular complexity index is 535. The number of anilines is 1. The highest BCUT2D eigenvalue weighted by Gasteiger charge is 2.13. The molecular weight excluding hydrogens is 288 g/mol. The fourth-order valence-electron chi connectivity index (χ4n) is 2.34. The fraction of sp³-hybridized carbons (Fsp3) is 0.600. The molecule has 1 saturated heterocycles. The summed E-state index contributed by atoms with van der Waals surface area (Å²) in [5.41, 5.74) is 1.23. The molecule has 1 aromatic carbocycles. The van der Waals surface area contributed by atoms with Crippen molar-refractivity contribution >= 4 is 15.7 Å². The molecule has 0 bridgehead atoms. The van der Waals surface area contributed by atoms with E-state index >= 15 is 0 Å². The van der Waals surface area contributed by atoms with Crippen LogP contribution >= 0.6 is 0 Å². The molecule has 1 aliphatic rings. The molecule has 1 fully saturated rings. The molecule has 118 valence electrons. The second kappa shape index (κ2) is 7.13. The fourth-order valence-corrected chi connectivity index (χ4v) is 3.19. The van der Waals surface area contributed by atoms with Gasteiger partial charge in [0, 0.05) is 32.9 Å². The molecular formula is C15H24N2O3S. The highest BCUT2D eigenvalue weighted by Crippen LogP contribution is 2.23. The number of benzene rings is 1. The third-order valence-electron chi connectivity index (χ3n) is 3.68. The summed E-state index contributed by atoms with van der Waals surface area (Å²) in [6, 6.07) is 8.04. The van der Waals surface area contributed by atoms with Crippen molar-refractivity contribution < 1.29 is 13.2 Å². The monoisotopic (exact) mass is 312 g/mol. The van der Waals surface area contributed by atoms with E-state index in [4.69, 9.17) is 4.74 Å². The normalized spacial score (nSPS) is 15.7. The molecule has 2 rings (SSSR count). The number of hydrogen-bond acceptors (Lipinski definition) is 4. The first kappa shape index (κ1) is 16.1. The molecule has 1 aliphatic heterocycles. The average Bonchev–Trinajstić information content (AvgIpc) is 2.98. The summed E-state index contributed by atoms with van der Waals surface area (Å²) >= 11 is 0. The molecule has 0 aromatic heterocycles. The van der Waals surface area contributed by atoms with Crippen LogP contribution in [0.2, 0.25) is 0 Å². The first-order valence-electron chi connectivity index (χ1n) is 7.37. The first-order chi connectivity index (χ1) is 9.99. The van der Waals surface area contributed by atoms with Crippen LogP contribution in [0.25, 0.3) is 0 Å². The highest BCUT2D eigenvalue weighted by molar-refractivity contribution is 7.89. The van der Waals surface area contributed by atoms with Crippen molar-refractivity contribution in [2.24, 2.45) is 0 Å². The Hall–Kier alpha value is -1.27. The van der Waals surface area contributed by atoms with Crippen molar-refractivity contribution in [3.63, 3.8) is 0 Å². The molecule has 0 radical (unpaired) electrons. The van der Waals surface area contributed by atoms with E-state index in [9.17, 15) is 8.42 Å². The van der Waals surface area contributed by atoms with Gasteiger partial charge in [0.2, 0.25) is 10.0 Å². The number of sulfonamides is 1. The topological polar surface area (TPSA) is 49.9 Å². The van der Waals surface area contributed by atoms with Gasteiger partial charge in [0.25, 0.3) is 0 Å². The van der Waals surface area contributed by atoms with Gasteiger partial charge >= 0.3 is 0 Å². The molecule has 0 aliphatic carbocycles. The Morgan fingerprint density at radius 3 is 2.33 bits per heavy atom. The lowest BCUT2D eigenvalue weighted by Gasteiger charge is -2.17. The van der Waals surface area contributed by atoms with E-state index in [-0.39, 0.29) is 5.75 Å². The second-order valence-corrected chi connectivity index (χ2v) is 7.79. The van der Waals surface area contributed by atoms with E-state index in [0.717, 1.165) is 18.8 Å². The molecule has 0 atom stereocenters. The van der Waals surface area contributed by atoms with Gasteiger partial charge in [0.15, 0.2) is 0 Å². The Morgan fingerprint density at radius 2 is 1.76 bits per heavy atom. The Kier molecular flexibility index (Phi) is 5.47. The van der Waals surface area contributed by atoms with Crippen molar-refractivity contribution in [1.82, 2.24) is 4.31 Å². The SMILES string of the molecule is CN(C)S(=O)(=O)CCCOc1ccc(N2CCCC2)cc1. The van der Waals surface area contributed by atoms with Gasteiger partial charge in [0.05, 0.1) is 12.4 Å². The number of rotatable bonds is 7. The van der Waals surface area contributed by atoms with E-state index in [1.54, 1.807) is 14.1 Å². The zero-order valence-corrected chi connectivity index (χ0v) is 13.6. The lowest BCUT2D eigenvalue weighted by Crippen LogP contribution is -2.25. The maximum absolute atomic E-state index is 11.6. The Morgan fingerprint density at radius 1 is 1.14 bits per heavy atom. The smallest absolute Gasteiger partial charge is 0.213 e. The third kappa shape index (κ3) is 4.61. The summed E-state index contributed by atoms with van der Waals surface area (Å²) in [5.74, 6) is 0.909. The van der Waals surface area contributed by atoms with Crippen molar-refractivity contribution in [3.8, 4) is 5.75 Å². The summed E-state index contributed by atoms with van der Waals surface area (Å²) in [6.07, 6.45) is 3.02. The first-order valence-corrected chi connectivity index (χ1v) is 8.98. The summed E-state index contributed by atoms with van der Waals surface area (Å²) in [5, 5.41) is 0. The summed E-state index contributed by atoms with van der Waals surface area (Å²) in [6.45, 7) is 2.67. The zero-order valence-electron chi connectivity index (χ0n) is 12.8. The number of hydrogen-bond donors (Lipinski definition) is 0. The van der Waals surface area contributed by atoms with Crippen molar-refractivity contribution in [2.75, 3.05) is 44.4 Å². The molecule has 0 saturated carbocycles. The predicted molar refractivity (Wildman–Crippen MR) is 85.5 cm³/mol. The second-order valence-electron chi connectivity index (χ2n) is 5.49. The van der Waals surface area contributed by atoms with Crippen LogP contribution in [0.3, 0.4) is 0 Å². The van der Waals surface area contributed by atoms with E-state index in [1.807, 2.05) is 12.1 Å². The van der Waals surface area contributed by atoms with E-state index in [0.29, 0.717) is 13.0 Å². The van der Waals surface area contributed by atoms with Gasteiger partial charge in [-0.05, 0) is 43.5 Å². The van der Waals surface area contributed by atoms with Gasteiger partial charge in [-0.2, -0.15) is 0 Å². The van der Waals surface area contributed by atoms with Crippen LogP contribution in [0.1, 0.15) is 19.3 Å². The van der Waals surface area contributed by atoms with E-state index in [1.165, 1.54) is 22.8 Å². The molecule has 21 heavy (non-hydrogen) atoms. The minimum absolute atomic E-state index is 0.117. The lowest BCUT2D eigenvalue weighted by molar-refractivity contribution is 0.317. The van der Waals surface area contributed by atoms with Crippen LogP contribution in [0.5, 0.6) is 5.75 Å². The van der Waals surface area contributed by atoms with Gasteiger partial charge in [-0.1, -0.05) is 0 Å². The minimum atomic E-state index is -3.12. The lowest BCUT2D eigenvalue weighted by atomic mass is 10.3. The van der Waals surface area contributed by atoms with Crippen LogP contribution in [0, 0.1) is 0 Å². The van der Waals surface area contributed by atoms with Crippen molar-refractivity contribution in [2.45, 2.75) is 19.3 Å². The molecule has 1 heterocycles. The Labute approximate surface area is 127 Å². The zero-order chi connectivity index (χ0) is 15.3. The summed E-state index contributed by atoms with van der Waals surface area (Å²) < 4.78 is 30.0. The van der Waals surface area contributed by atoms with Gasteiger partial charge in [-0.3, -0.25) is 0 Å². The summed E-state index contributed by atoms with van der Waals surface area (Å²) in [7, 11) is -0.0260. The molecule has 0 spiro atoms. The van der Waals surface area contributed by atoms with Gasteiger partial charge < -0.3 is 9.64 Å². The summed E-state index contributed by atoms with van der Waals surface area (Å²) in [4.78, 5) is 2.37. The maximum Gasteiger partial charge on any atom is 0.213 e. The van der Waals surface area contributed by atoms with Gasteiger partial charge in [0.1, 0.15) is 5.75 Å². The number of ether oxygens (including phenoxy) is 1. The van der Waals surface area contributed by atoms with Crippen LogP contribution in [-0.2, 0) is 10.0 Å². The van der Waals surface area contributed by atoms with Crippen molar-refractivity contribution in [3.05, 3.63) is 24.3 Å². The van der Waals surface area contributed by atoms with Crippen LogP contribution < -0.4 is 9.64 Å². The van der Waals surface area contributed by atoms with Gasteiger partial charge in [-0.25, -0.2) is 12.7 Å².